The molecule has 2 rings (SSSR count). The first-order valence-electron chi connectivity index (χ1n) is 11.4. The summed E-state index contributed by atoms with van der Waals surface area (Å²) in [6.45, 7) is 13.7. The lowest BCUT2D eigenvalue weighted by atomic mass is 9.98. The number of rotatable bonds is 6. The molecule has 176 valence electrons. The van der Waals surface area contributed by atoms with E-state index in [1.54, 1.807) is 0 Å². The fourth-order valence-corrected chi connectivity index (χ4v) is 4.16. The number of piperidine rings is 2. The largest absolute Gasteiger partial charge is 0.444 e. The summed E-state index contributed by atoms with van der Waals surface area (Å²) in [5.41, 5.74) is -0.444. The van der Waals surface area contributed by atoms with Gasteiger partial charge in [-0.3, -0.25) is 4.99 Å². The Morgan fingerprint density at radius 2 is 1.90 bits per heavy atom. The smallest absolute Gasteiger partial charge is 0.410 e. The Morgan fingerprint density at radius 1 is 1.13 bits per heavy atom. The molecule has 0 aliphatic carbocycles. The van der Waals surface area contributed by atoms with Crippen molar-refractivity contribution in [3.8, 4) is 0 Å². The molecule has 0 bridgehead atoms. The Hall–Kier alpha value is -0.770. The first-order valence-corrected chi connectivity index (χ1v) is 11.4. The molecule has 2 aliphatic rings. The highest BCUT2D eigenvalue weighted by atomic mass is 127. The summed E-state index contributed by atoms with van der Waals surface area (Å²) in [6, 6.07) is 0.723. The third-order valence-electron chi connectivity index (χ3n) is 5.81. The van der Waals surface area contributed by atoms with Gasteiger partial charge in [0.2, 0.25) is 0 Å². The van der Waals surface area contributed by atoms with Crippen LogP contribution in [0.2, 0.25) is 0 Å². The van der Waals surface area contributed by atoms with Crippen LogP contribution in [0.25, 0.3) is 0 Å². The van der Waals surface area contributed by atoms with Crippen molar-refractivity contribution < 1.29 is 9.53 Å². The van der Waals surface area contributed by atoms with Crippen molar-refractivity contribution in [2.45, 2.75) is 77.9 Å². The Labute approximate surface area is 200 Å². The average Bonchev–Trinajstić information content (AvgIpc) is 2.67. The first kappa shape index (κ1) is 27.3. The minimum Gasteiger partial charge on any atom is -0.444 e. The van der Waals surface area contributed by atoms with E-state index in [4.69, 9.17) is 4.74 Å². The Bertz CT molecular complexity index is 538. The minimum absolute atomic E-state index is 0. The van der Waals surface area contributed by atoms with Crippen LogP contribution in [0.5, 0.6) is 0 Å². The third-order valence-corrected chi connectivity index (χ3v) is 5.81. The van der Waals surface area contributed by atoms with E-state index >= 15 is 0 Å². The van der Waals surface area contributed by atoms with Gasteiger partial charge >= 0.3 is 6.09 Å². The molecule has 2 unspecified atom stereocenters. The van der Waals surface area contributed by atoms with Gasteiger partial charge in [0.05, 0.1) is 0 Å². The van der Waals surface area contributed by atoms with Crippen molar-refractivity contribution in [3.05, 3.63) is 0 Å². The molecule has 2 heterocycles. The molecule has 0 radical (unpaired) electrons. The van der Waals surface area contributed by atoms with Gasteiger partial charge < -0.3 is 25.2 Å². The number of carbonyl (C=O) groups is 1. The van der Waals surface area contributed by atoms with E-state index in [0.717, 1.165) is 64.0 Å². The van der Waals surface area contributed by atoms with Crippen LogP contribution in [0, 0.1) is 5.92 Å². The van der Waals surface area contributed by atoms with Gasteiger partial charge in [-0.05, 0) is 72.3 Å². The topological polar surface area (TPSA) is 69.2 Å². The van der Waals surface area contributed by atoms with Crippen molar-refractivity contribution >= 4 is 36.0 Å². The maximum absolute atomic E-state index is 12.3. The van der Waals surface area contributed by atoms with Gasteiger partial charge in [-0.25, -0.2) is 4.79 Å². The highest BCUT2D eigenvalue weighted by Crippen LogP contribution is 2.19. The van der Waals surface area contributed by atoms with Crippen molar-refractivity contribution in [1.82, 2.24) is 20.4 Å². The third kappa shape index (κ3) is 10.0. The molecular weight excluding hydrogens is 493 g/mol. The molecule has 0 aromatic heterocycles. The molecule has 0 aromatic carbocycles. The number of hydrogen-bond acceptors (Lipinski definition) is 4. The standard InChI is InChI=1S/C22H43N5O2.HI/c1-18-10-6-7-13-26(18)15-9-12-24-20(23-5)25-16-19-11-8-14-27(17-19)21(28)29-22(2,3)4;/h18-19H,6-17H2,1-5H3,(H2,23,24,25);1H. The zero-order valence-electron chi connectivity index (χ0n) is 19.7. The lowest BCUT2D eigenvalue weighted by Crippen LogP contribution is -2.47. The van der Waals surface area contributed by atoms with E-state index in [-0.39, 0.29) is 30.1 Å². The zero-order valence-corrected chi connectivity index (χ0v) is 22.0. The molecule has 2 saturated heterocycles. The second kappa shape index (κ2) is 13.6. The van der Waals surface area contributed by atoms with Crippen LogP contribution >= 0.6 is 24.0 Å². The van der Waals surface area contributed by atoms with Crippen molar-refractivity contribution in [2.24, 2.45) is 10.9 Å². The van der Waals surface area contributed by atoms with Gasteiger partial charge in [-0.1, -0.05) is 6.42 Å². The van der Waals surface area contributed by atoms with Crippen LogP contribution in [0.1, 0.15) is 66.2 Å². The van der Waals surface area contributed by atoms with Crippen molar-refractivity contribution in [3.63, 3.8) is 0 Å². The maximum Gasteiger partial charge on any atom is 0.410 e. The zero-order chi connectivity index (χ0) is 21.3. The number of likely N-dealkylation sites (tertiary alicyclic amines) is 2. The molecule has 30 heavy (non-hydrogen) atoms. The lowest BCUT2D eigenvalue weighted by Gasteiger charge is -2.34. The first-order chi connectivity index (χ1) is 13.8. The summed E-state index contributed by atoms with van der Waals surface area (Å²) >= 11 is 0. The van der Waals surface area contributed by atoms with E-state index in [2.05, 4.69) is 27.4 Å². The summed E-state index contributed by atoms with van der Waals surface area (Å²) < 4.78 is 5.52. The maximum atomic E-state index is 12.3. The number of amides is 1. The Kier molecular flexibility index (Phi) is 12.4. The predicted octanol–water partition coefficient (Wildman–Crippen LogP) is 3.68. The quantitative estimate of drug-likeness (QED) is 0.234. The van der Waals surface area contributed by atoms with Crippen molar-refractivity contribution in [1.29, 1.82) is 0 Å². The predicted molar refractivity (Wildman–Crippen MR) is 135 cm³/mol. The SMILES string of the molecule is CN=C(NCCCN1CCCCC1C)NCC1CCCN(C(=O)OC(C)(C)C)C1.I. The molecule has 0 saturated carbocycles. The highest BCUT2D eigenvalue weighted by molar-refractivity contribution is 14.0. The molecule has 0 spiro atoms. The average molecular weight is 538 g/mol. The van der Waals surface area contributed by atoms with Crippen LogP contribution in [-0.2, 0) is 4.74 Å². The fourth-order valence-electron chi connectivity index (χ4n) is 4.16. The number of hydrogen-bond donors (Lipinski definition) is 2. The lowest BCUT2D eigenvalue weighted by molar-refractivity contribution is 0.0168. The minimum atomic E-state index is -0.444. The monoisotopic (exact) mass is 537 g/mol. The van der Waals surface area contributed by atoms with Crippen LogP contribution < -0.4 is 10.6 Å². The van der Waals surface area contributed by atoms with Gasteiger partial charge in [0.1, 0.15) is 5.60 Å². The normalized spacial score (nSPS) is 23.5. The van der Waals surface area contributed by atoms with Gasteiger partial charge in [-0.15, -0.1) is 24.0 Å². The molecule has 2 fully saturated rings. The molecular formula is C22H44IN5O2. The second-order valence-corrected chi connectivity index (χ2v) is 9.55. The number of halogens is 1. The molecule has 8 heteroatoms. The Morgan fingerprint density at radius 3 is 2.57 bits per heavy atom. The summed E-state index contributed by atoms with van der Waals surface area (Å²) in [6.07, 6.45) is 7.11. The summed E-state index contributed by atoms with van der Waals surface area (Å²) in [5, 5.41) is 6.88. The molecule has 2 N–H and O–H groups in total. The van der Waals surface area contributed by atoms with E-state index in [9.17, 15) is 4.79 Å². The number of nitrogens with zero attached hydrogens (tertiary/aromatic N) is 3. The van der Waals surface area contributed by atoms with E-state index < -0.39 is 5.60 Å². The number of aliphatic imine (C=N–C) groups is 1. The van der Waals surface area contributed by atoms with Gasteiger partial charge in [0, 0.05) is 45.8 Å². The molecule has 7 nitrogen and oxygen atoms in total. The summed E-state index contributed by atoms with van der Waals surface area (Å²) in [7, 11) is 1.82. The number of nitrogens with one attached hydrogen (secondary N) is 2. The molecule has 1 amide bonds. The summed E-state index contributed by atoms with van der Waals surface area (Å²) in [4.78, 5) is 21.1. The summed E-state index contributed by atoms with van der Waals surface area (Å²) in [5.74, 6) is 1.27. The van der Waals surface area contributed by atoms with E-state index in [1.807, 2.05) is 32.7 Å². The van der Waals surface area contributed by atoms with Crippen LogP contribution in [0.3, 0.4) is 0 Å². The Balaban J connectivity index is 0.00000450. The van der Waals surface area contributed by atoms with Crippen LogP contribution in [0.4, 0.5) is 4.79 Å². The van der Waals surface area contributed by atoms with Gasteiger partial charge in [-0.2, -0.15) is 0 Å². The fraction of sp³-hybridized carbons (Fsp3) is 0.909. The van der Waals surface area contributed by atoms with Gasteiger partial charge in [0.15, 0.2) is 5.96 Å². The van der Waals surface area contributed by atoms with Gasteiger partial charge in [0.25, 0.3) is 0 Å². The number of guanidine groups is 1. The molecule has 2 atom stereocenters. The number of carbonyl (C=O) groups excluding carboxylic acids is 1. The highest BCUT2D eigenvalue weighted by Gasteiger charge is 2.27. The van der Waals surface area contributed by atoms with E-state index in [0.29, 0.717) is 5.92 Å². The van der Waals surface area contributed by atoms with Crippen molar-refractivity contribution in [2.75, 3.05) is 46.3 Å². The molecule has 2 aliphatic heterocycles. The molecule has 0 aromatic rings. The van der Waals surface area contributed by atoms with E-state index in [1.165, 1.54) is 25.8 Å². The van der Waals surface area contributed by atoms with Crippen LogP contribution in [-0.4, -0.2) is 79.8 Å². The van der Waals surface area contributed by atoms with Crippen LogP contribution in [0.15, 0.2) is 4.99 Å². The second-order valence-electron chi connectivity index (χ2n) is 9.55. The number of ether oxygens (including phenoxy) is 1.